The number of hydrogen-bond acceptors (Lipinski definition) is 6. The molecule has 4 rings (SSSR count). The quantitative estimate of drug-likeness (QED) is 0.614. The van der Waals surface area contributed by atoms with Crippen molar-refractivity contribution in [3.05, 3.63) is 34.6 Å². The van der Waals surface area contributed by atoms with E-state index in [4.69, 9.17) is 4.74 Å². The molecule has 1 N–H and O–H groups in total. The van der Waals surface area contributed by atoms with Crippen molar-refractivity contribution >= 4 is 11.4 Å². The third kappa shape index (κ3) is 4.07. The van der Waals surface area contributed by atoms with E-state index < -0.39 is 0 Å². The highest BCUT2D eigenvalue weighted by Crippen LogP contribution is 2.42. The normalized spacial score (nSPS) is 18.8. The second-order valence-electron chi connectivity index (χ2n) is 8.11. The number of anilines is 1. The summed E-state index contributed by atoms with van der Waals surface area (Å²) in [5.41, 5.74) is 2.70. The number of benzene rings is 1. The Kier molecular flexibility index (Phi) is 5.71. The summed E-state index contributed by atoms with van der Waals surface area (Å²) in [6.45, 7) is 4.19. The Morgan fingerprint density at radius 3 is 2.45 bits per heavy atom. The Bertz CT molecular complexity index is 867. The number of rotatable bonds is 5. The van der Waals surface area contributed by atoms with Crippen LogP contribution in [0.3, 0.4) is 0 Å². The third-order valence-electron chi connectivity index (χ3n) is 6.44. The molecule has 29 heavy (non-hydrogen) atoms. The number of aromatic nitrogens is 2. The summed E-state index contributed by atoms with van der Waals surface area (Å²) in [7, 11) is 3.34. The first-order chi connectivity index (χ1) is 14.1. The molecular formula is C21H29N5O3. The smallest absolute Gasteiger partial charge is 0.311 e. The van der Waals surface area contributed by atoms with Crippen LogP contribution in [0.25, 0.3) is 11.1 Å². The van der Waals surface area contributed by atoms with Gasteiger partial charge in [0.25, 0.3) is 0 Å². The molecule has 2 aliphatic rings. The van der Waals surface area contributed by atoms with Crippen molar-refractivity contribution in [1.82, 2.24) is 15.1 Å². The standard InChI is InChI=1S/C21H29N5O3/c1-24-14-17(13-23-24)18-11-20(26(27)28)21(29-2)12-19(18)25-9-5-16(6-10-25)15-3-7-22-8-4-15/h11-16,22H,3-10H2,1-2H3. The lowest BCUT2D eigenvalue weighted by molar-refractivity contribution is -0.385. The lowest BCUT2D eigenvalue weighted by Crippen LogP contribution is -2.39. The van der Waals surface area contributed by atoms with Crippen LogP contribution >= 0.6 is 0 Å². The Labute approximate surface area is 171 Å². The molecule has 8 nitrogen and oxygen atoms in total. The van der Waals surface area contributed by atoms with Gasteiger partial charge < -0.3 is 15.0 Å². The van der Waals surface area contributed by atoms with Crippen LogP contribution in [-0.2, 0) is 7.05 Å². The summed E-state index contributed by atoms with van der Waals surface area (Å²) < 4.78 is 7.08. The fraction of sp³-hybridized carbons (Fsp3) is 0.571. The van der Waals surface area contributed by atoms with Crippen molar-refractivity contribution < 1.29 is 9.66 Å². The van der Waals surface area contributed by atoms with Crippen molar-refractivity contribution in [3.63, 3.8) is 0 Å². The molecule has 0 amide bonds. The predicted octanol–water partition coefficient (Wildman–Crippen LogP) is 3.22. The maximum absolute atomic E-state index is 11.6. The fourth-order valence-corrected chi connectivity index (χ4v) is 4.84. The number of nitrogens with one attached hydrogen (secondary N) is 1. The van der Waals surface area contributed by atoms with Gasteiger partial charge >= 0.3 is 5.69 Å². The fourth-order valence-electron chi connectivity index (χ4n) is 4.84. The number of nitrogens with zero attached hydrogens (tertiary/aromatic N) is 4. The van der Waals surface area contributed by atoms with Gasteiger partial charge in [0.1, 0.15) is 0 Å². The summed E-state index contributed by atoms with van der Waals surface area (Å²) in [6.07, 6.45) is 8.54. The molecule has 0 bridgehead atoms. The van der Waals surface area contributed by atoms with Gasteiger partial charge in [-0.2, -0.15) is 5.10 Å². The van der Waals surface area contributed by atoms with Gasteiger partial charge in [-0.05, 0) is 50.6 Å². The molecule has 0 saturated carbocycles. The van der Waals surface area contributed by atoms with Crippen molar-refractivity contribution in [1.29, 1.82) is 0 Å². The molecule has 0 radical (unpaired) electrons. The van der Waals surface area contributed by atoms with Crippen LogP contribution in [0.2, 0.25) is 0 Å². The molecule has 156 valence electrons. The van der Waals surface area contributed by atoms with Gasteiger partial charge in [-0.25, -0.2) is 0 Å². The first-order valence-corrected chi connectivity index (χ1v) is 10.4. The third-order valence-corrected chi connectivity index (χ3v) is 6.44. The predicted molar refractivity (Wildman–Crippen MR) is 112 cm³/mol. The van der Waals surface area contributed by atoms with Crippen LogP contribution < -0.4 is 15.0 Å². The first kappa shape index (κ1) is 19.7. The minimum absolute atomic E-state index is 0.0142. The van der Waals surface area contributed by atoms with Crippen LogP contribution in [0.4, 0.5) is 11.4 Å². The molecule has 2 saturated heterocycles. The maximum atomic E-state index is 11.6. The van der Waals surface area contributed by atoms with Gasteiger partial charge in [0.15, 0.2) is 5.75 Å². The molecule has 1 aromatic carbocycles. The van der Waals surface area contributed by atoms with Crippen LogP contribution in [0.5, 0.6) is 5.75 Å². The molecule has 3 heterocycles. The lowest BCUT2D eigenvalue weighted by atomic mass is 9.79. The van der Waals surface area contributed by atoms with E-state index >= 15 is 0 Å². The van der Waals surface area contributed by atoms with E-state index in [1.165, 1.54) is 20.0 Å². The van der Waals surface area contributed by atoms with Crippen LogP contribution in [0.15, 0.2) is 24.5 Å². The topological polar surface area (TPSA) is 85.5 Å². The number of aryl methyl sites for hydroxylation is 1. The Hall–Kier alpha value is -2.61. The highest BCUT2D eigenvalue weighted by atomic mass is 16.6. The second-order valence-corrected chi connectivity index (χ2v) is 8.11. The van der Waals surface area contributed by atoms with E-state index in [-0.39, 0.29) is 10.6 Å². The minimum Gasteiger partial charge on any atom is -0.490 e. The van der Waals surface area contributed by atoms with Gasteiger partial charge in [0, 0.05) is 55.3 Å². The highest BCUT2D eigenvalue weighted by Gasteiger charge is 2.30. The van der Waals surface area contributed by atoms with Gasteiger partial charge in [-0.3, -0.25) is 14.8 Å². The summed E-state index contributed by atoms with van der Waals surface area (Å²) in [5, 5.41) is 19.3. The van der Waals surface area contributed by atoms with Crippen molar-refractivity contribution in [2.45, 2.75) is 25.7 Å². The molecule has 0 atom stereocenters. The number of hydrogen-bond donors (Lipinski definition) is 1. The summed E-state index contributed by atoms with van der Waals surface area (Å²) in [4.78, 5) is 13.5. The maximum Gasteiger partial charge on any atom is 0.311 e. The Morgan fingerprint density at radius 1 is 1.17 bits per heavy atom. The zero-order chi connectivity index (χ0) is 20.4. The molecular weight excluding hydrogens is 370 g/mol. The second kappa shape index (κ2) is 8.41. The zero-order valence-corrected chi connectivity index (χ0v) is 17.1. The number of methoxy groups -OCH3 is 1. The molecule has 0 spiro atoms. The number of piperidine rings is 2. The number of ether oxygens (including phenoxy) is 1. The number of nitro benzene ring substituents is 1. The van der Waals surface area contributed by atoms with E-state index in [1.807, 2.05) is 19.3 Å². The molecule has 2 fully saturated rings. The molecule has 0 aliphatic carbocycles. The largest absolute Gasteiger partial charge is 0.490 e. The SMILES string of the molecule is COc1cc(N2CCC(C3CCNCC3)CC2)c(-c2cnn(C)c2)cc1[N+](=O)[O-]. The molecule has 8 heteroatoms. The van der Waals surface area contributed by atoms with Gasteiger partial charge in [0.2, 0.25) is 0 Å². The summed E-state index contributed by atoms with van der Waals surface area (Å²) in [6, 6.07) is 3.45. The summed E-state index contributed by atoms with van der Waals surface area (Å²) in [5.74, 6) is 1.90. The first-order valence-electron chi connectivity index (χ1n) is 10.4. The van der Waals surface area contributed by atoms with Gasteiger partial charge in [-0.15, -0.1) is 0 Å². The van der Waals surface area contributed by atoms with E-state index in [0.717, 1.165) is 67.7 Å². The van der Waals surface area contributed by atoms with E-state index in [1.54, 1.807) is 16.9 Å². The monoisotopic (exact) mass is 399 g/mol. The Balaban J connectivity index is 1.63. The lowest BCUT2D eigenvalue weighted by Gasteiger charge is -2.39. The van der Waals surface area contributed by atoms with Crippen molar-refractivity contribution in [3.8, 4) is 16.9 Å². The summed E-state index contributed by atoms with van der Waals surface area (Å²) >= 11 is 0. The van der Waals surface area contributed by atoms with Crippen molar-refractivity contribution in [2.75, 3.05) is 38.2 Å². The highest BCUT2D eigenvalue weighted by molar-refractivity contribution is 5.82. The van der Waals surface area contributed by atoms with E-state index in [9.17, 15) is 10.1 Å². The zero-order valence-electron chi connectivity index (χ0n) is 17.1. The molecule has 1 aromatic heterocycles. The molecule has 2 aliphatic heterocycles. The minimum atomic E-state index is -0.383. The average molecular weight is 399 g/mol. The van der Waals surface area contributed by atoms with Gasteiger partial charge in [-0.1, -0.05) is 0 Å². The van der Waals surface area contributed by atoms with Crippen LogP contribution in [0, 0.1) is 22.0 Å². The van der Waals surface area contributed by atoms with Crippen LogP contribution in [-0.4, -0.2) is 48.0 Å². The van der Waals surface area contributed by atoms with Crippen LogP contribution in [0.1, 0.15) is 25.7 Å². The van der Waals surface area contributed by atoms with E-state index in [2.05, 4.69) is 15.3 Å². The van der Waals surface area contributed by atoms with Crippen molar-refractivity contribution in [2.24, 2.45) is 18.9 Å². The van der Waals surface area contributed by atoms with Gasteiger partial charge in [0.05, 0.1) is 18.2 Å². The number of nitro groups is 1. The molecule has 2 aromatic rings. The van der Waals surface area contributed by atoms with E-state index in [0.29, 0.717) is 5.75 Å². The molecule has 0 unspecified atom stereocenters. The average Bonchev–Trinajstić information content (AvgIpc) is 3.19. The Morgan fingerprint density at radius 2 is 1.86 bits per heavy atom.